The van der Waals surface area contributed by atoms with Gasteiger partial charge in [0.2, 0.25) is 0 Å². The van der Waals surface area contributed by atoms with Crippen molar-refractivity contribution in [3.8, 4) is 0 Å². The number of hydrogen-bond acceptors (Lipinski definition) is 6. The second-order valence-corrected chi connectivity index (χ2v) is 13.6. The highest BCUT2D eigenvalue weighted by Gasteiger charge is 2.27. The Labute approximate surface area is 199 Å². The zero-order chi connectivity index (χ0) is 23.2. The molecule has 168 valence electrons. The van der Waals surface area contributed by atoms with Crippen LogP contribution in [0.1, 0.15) is 0 Å². The lowest BCUT2D eigenvalue weighted by Gasteiger charge is -2.22. The maximum atomic E-state index is 13.4. The number of benzene rings is 3. The molecule has 2 heterocycles. The maximum absolute atomic E-state index is 13.4. The standard InChI is InChI=1S/C23H18N2O4S4/c1-25(33(28,29)23-15-17-9-3-7-13-21(17)31-23)19-11-5-4-10-18(19)24-32(26,27)22-14-16-8-2-6-12-20(16)30-22/h2-15,24H,1H3. The van der Waals surface area contributed by atoms with E-state index in [4.69, 9.17) is 0 Å². The Morgan fingerprint density at radius 1 is 0.697 bits per heavy atom. The van der Waals surface area contributed by atoms with Crippen molar-refractivity contribution in [1.29, 1.82) is 0 Å². The molecule has 33 heavy (non-hydrogen) atoms. The van der Waals surface area contributed by atoms with Gasteiger partial charge in [0.1, 0.15) is 8.42 Å². The van der Waals surface area contributed by atoms with Crippen molar-refractivity contribution in [3.05, 3.63) is 84.9 Å². The minimum atomic E-state index is -3.91. The predicted octanol–water partition coefficient (Wildman–Crippen LogP) is 5.74. The average Bonchev–Trinajstić information content (AvgIpc) is 3.44. The fourth-order valence-electron chi connectivity index (χ4n) is 3.47. The van der Waals surface area contributed by atoms with Gasteiger partial charge in [0, 0.05) is 16.4 Å². The monoisotopic (exact) mass is 514 g/mol. The Kier molecular flexibility index (Phi) is 5.40. The zero-order valence-electron chi connectivity index (χ0n) is 17.3. The van der Waals surface area contributed by atoms with E-state index in [0.717, 1.165) is 35.8 Å². The second-order valence-electron chi connectivity index (χ2n) is 7.30. The highest BCUT2D eigenvalue weighted by molar-refractivity contribution is 7.95. The average molecular weight is 515 g/mol. The molecule has 1 N–H and O–H groups in total. The number of hydrogen-bond donors (Lipinski definition) is 1. The molecule has 0 aliphatic rings. The van der Waals surface area contributed by atoms with Crippen LogP contribution in [0, 0.1) is 0 Å². The van der Waals surface area contributed by atoms with Crippen LogP contribution in [0.15, 0.2) is 93.3 Å². The number of sulfonamides is 2. The first-order valence-electron chi connectivity index (χ1n) is 9.84. The first kappa shape index (κ1) is 21.9. The van der Waals surface area contributed by atoms with Gasteiger partial charge in [-0.15, -0.1) is 22.7 Å². The summed E-state index contributed by atoms with van der Waals surface area (Å²) >= 11 is 2.34. The first-order valence-corrected chi connectivity index (χ1v) is 14.4. The van der Waals surface area contributed by atoms with Gasteiger partial charge in [-0.25, -0.2) is 16.8 Å². The van der Waals surface area contributed by atoms with Gasteiger partial charge in [-0.05, 0) is 47.2 Å². The number of thiophene rings is 2. The largest absolute Gasteiger partial charge is 0.277 e. The van der Waals surface area contributed by atoms with Crippen LogP contribution in [0.2, 0.25) is 0 Å². The number of para-hydroxylation sites is 2. The van der Waals surface area contributed by atoms with Crippen LogP contribution in [0.25, 0.3) is 20.2 Å². The van der Waals surface area contributed by atoms with Gasteiger partial charge >= 0.3 is 0 Å². The summed E-state index contributed by atoms with van der Waals surface area (Å²) in [5.41, 5.74) is 0.418. The van der Waals surface area contributed by atoms with E-state index in [1.807, 2.05) is 48.5 Å². The number of nitrogens with one attached hydrogen (secondary N) is 1. The molecule has 0 radical (unpaired) electrons. The summed E-state index contributed by atoms with van der Waals surface area (Å²) in [7, 11) is -6.39. The Hall–Kier alpha value is -2.92. The molecule has 5 rings (SSSR count). The Morgan fingerprint density at radius 3 is 1.85 bits per heavy atom. The summed E-state index contributed by atoms with van der Waals surface area (Å²) in [6.45, 7) is 0. The smallest absolute Gasteiger partial charge is 0.273 e. The first-order chi connectivity index (χ1) is 15.8. The summed E-state index contributed by atoms with van der Waals surface area (Å²) in [5.74, 6) is 0. The molecule has 0 amide bonds. The van der Waals surface area contributed by atoms with E-state index in [2.05, 4.69) is 4.72 Å². The van der Waals surface area contributed by atoms with E-state index >= 15 is 0 Å². The van der Waals surface area contributed by atoms with Crippen molar-refractivity contribution in [2.45, 2.75) is 8.42 Å². The van der Waals surface area contributed by atoms with Crippen LogP contribution in [-0.4, -0.2) is 23.9 Å². The Balaban J connectivity index is 1.51. The third-order valence-corrected chi connectivity index (χ3v) is 11.5. The van der Waals surface area contributed by atoms with Crippen molar-refractivity contribution in [2.75, 3.05) is 16.1 Å². The van der Waals surface area contributed by atoms with E-state index in [0.29, 0.717) is 0 Å². The SMILES string of the molecule is CN(c1ccccc1NS(=O)(=O)c1cc2ccccc2s1)S(=O)(=O)c1cc2ccccc2s1. The van der Waals surface area contributed by atoms with Gasteiger partial charge in [0.05, 0.1) is 11.4 Å². The fourth-order valence-corrected chi connectivity index (χ4v) is 8.72. The summed E-state index contributed by atoms with van der Waals surface area (Å²) < 4.78 is 58.7. The number of fused-ring (bicyclic) bond motifs is 2. The van der Waals surface area contributed by atoms with Crippen molar-refractivity contribution >= 4 is 74.3 Å². The van der Waals surface area contributed by atoms with Crippen LogP contribution in [0.3, 0.4) is 0 Å². The van der Waals surface area contributed by atoms with Gasteiger partial charge in [0.15, 0.2) is 0 Å². The molecule has 5 aromatic rings. The Morgan fingerprint density at radius 2 is 1.21 bits per heavy atom. The van der Waals surface area contributed by atoms with Crippen molar-refractivity contribution in [3.63, 3.8) is 0 Å². The van der Waals surface area contributed by atoms with E-state index in [9.17, 15) is 16.8 Å². The molecule has 3 aromatic carbocycles. The number of nitrogens with zero attached hydrogens (tertiary/aromatic N) is 1. The number of anilines is 2. The minimum Gasteiger partial charge on any atom is -0.277 e. The molecule has 6 nitrogen and oxygen atoms in total. The molecule has 10 heteroatoms. The fraction of sp³-hybridized carbons (Fsp3) is 0.0435. The Bertz CT molecular complexity index is 1640. The van der Waals surface area contributed by atoms with Crippen LogP contribution in [-0.2, 0) is 20.0 Å². The summed E-state index contributed by atoms with van der Waals surface area (Å²) in [5, 5.41) is 1.67. The normalized spacial score (nSPS) is 12.3. The van der Waals surface area contributed by atoms with Crippen molar-refractivity contribution < 1.29 is 16.8 Å². The van der Waals surface area contributed by atoms with E-state index < -0.39 is 20.0 Å². The zero-order valence-corrected chi connectivity index (χ0v) is 20.6. The molecular weight excluding hydrogens is 497 g/mol. The predicted molar refractivity (Wildman–Crippen MR) is 136 cm³/mol. The van der Waals surface area contributed by atoms with Gasteiger partial charge < -0.3 is 0 Å². The molecule has 0 fully saturated rings. The maximum Gasteiger partial charge on any atom is 0.273 e. The van der Waals surface area contributed by atoms with Gasteiger partial charge in [0.25, 0.3) is 20.0 Å². The molecule has 0 aliphatic carbocycles. The molecule has 0 bridgehead atoms. The highest BCUT2D eigenvalue weighted by Crippen LogP contribution is 2.36. The summed E-state index contributed by atoms with van der Waals surface area (Å²) in [4.78, 5) is 0. The molecule has 2 aromatic heterocycles. The third-order valence-electron chi connectivity index (χ3n) is 5.17. The van der Waals surface area contributed by atoms with E-state index in [-0.39, 0.29) is 19.8 Å². The van der Waals surface area contributed by atoms with E-state index in [1.165, 1.54) is 18.4 Å². The molecule has 0 saturated heterocycles. The van der Waals surface area contributed by atoms with Gasteiger partial charge in [-0.1, -0.05) is 48.5 Å². The quantitative estimate of drug-likeness (QED) is 0.313. The minimum absolute atomic E-state index is 0.161. The van der Waals surface area contributed by atoms with Crippen molar-refractivity contribution in [1.82, 2.24) is 0 Å². The third kappa shape index (κ3) is 3.99. The molecule has 0 saturated carbocycles. The molecular formula is C23H18N2O4S4. The summed E-state index contributed by atoms with van der Waals surface area (Å²) in [6, 6.07) is 24.6. The molecule has 0 spiro atoms. The molecule has 0 unspecified atom stereocenters. The van der Waals surface area contributed by atoms with Crippen LogP contribution < -0.4 is 9.03 Å². The van der Waals surface area contributed by atoms with Crippen LogP contribution in [0.4, 0.5) is 11.4 Å². The lowest BCUT2D eigenvalue weighted by molar-refractivity contribution is 0.595. The highest BCUT2D eigenvalue weighted by atomic mass is 32.3. The molecule has 0 aliphatic heterocycles. The second kappa shape index (κ2) is 8.14. The topological polar surface area (TPSA) is 83.6 Å². The molecule has 0 atom stereocenters. The summed E-state index contributed by atoms with van der Waals surface area (Å²) in [6.07, 6.45) is 0. The number of rotatable bonds is 6. The van der Waals surface area contributed by atoms with Crippen LogP contribution in [0.5, 0.6) is 0 Å². The van der Waals surface area contributed by atoms with Gasteiger partial charge in [-0.2, -0.15) is 0 Å². The lowest BCUT2D eigenvalue weighted by atomic mass is 10.3. The lowest BCUT2D eigenvalue weighted by Crippen LogP contribution is -2.27. The van der Waals surface area contributed by atoms with Crippen molar-refractivity contribution in [2.24, 2.45) is 0 Å². The van der Waals surface area contributed by atoms with E-state index in [1.54, 1.807) is 36.4 Å². The van der Waals surface area contributed by atoms with Gasteiger partial charge in [-0.3, -0.25) is 9.03 Å². The van der Waals surface area contributed by atoms with Crippen LogP contribution >= 0.6 is 22.7 Å².